The van der Waals surface area contributed by atoms with Gasteiger partial charge in [0.2, 0.25) is 0 Å². The molecule has 3 atom stereocenters. The molecule has 9 N–H and O–H groups in total. The Bertz CT molecular complexity index is 291. The van der Waals surface area contributed by atoms with Crippen LogP contribution in [0, 0.1) is 5.92 Å². The van der Waals surface area contributed by atoms with Gasteiger partial charge >= 0.3 is 0 Å². The first-order valence-electron chi connectivity index (χ1n) is 17.0. The maximum atomic E-state index is 8.86. The molecule has 1 aliphatic heterocycles. The van der Waals surface area contributed by atoms with Crippen LogP contribution in [0.1, 0.15) is 152 Å². The molecule has 0 radical (unpaired) electrons. The van der Waals surface area contributed by atoms with E-state index >= 15 is 0 Å². The molecule has 1 aliphatic rings. The first kappa shape index (κ1) is 60.0. The van der Waals surface area contributed by atoms with Crippen molar-refractivity contribution in [1.82, 2.24) is 4.90 Å². The third-order valence-corrected chi connectivity index (χ3v) is 6.01. The van der Waals surface area contributed by atoms with Crippen molar-refractivity contribution in [1.29, 1.82) is 0 Å². The second kappa shape index (κ2) is 72.2. The highest BCUT2D eigenvalue weighted by molar-refractivity contribution is 4.61. The van der Waals surface area contributed by atoms with E-state index in [9.17, 15) is 0 Å². The van der Waals surface area contributed by atoms with E-state index < -0.39 is 0 Å². The van der Waals surface area contributed by atoms with Crippen LogP contribution in [0.2, 0.25) is 0 Å². The summed E-state index contributed by atoms with van der Waals surface area (Å²) >= 11 is 0. The van der Waals surface area contributed by atoms with Crippen LogP contribution in [0.25, 0.3) is 0 Å². The summed E-state index contributed by atoms with van der Waals surface area (Å²) in [5, 5.41) is 8.86. The minimum atomic E-state index is -0.0509. The molecule has 41 heavy (non-hydrogen) atoms. The van der Waals surface area contributed by atoms with Gasteiger partial charge in [0.25, 0.3) is 0 Å². The highest BCUT2D eigenvalue weighted by Gasteiger charge is 2.04. The zero-order valence-electron chi connectivity index (χ0n) is 31.7. The van der Waals surface area contributed by atoms with Crippen LogP contribution >= 0.6 is 0 Å². The third-order valence-electron chi connectivity index (χ3n) is 6.01. The Labute approximate surface area is 263 Å². The fraction of sp³-hybridized carbons (Fsp3) is 1.00. The van der Waals surface area contributed by atoms with Gasteiger partial charge in [0.15, 0.2) is 0 Å². The lowest BCUT2D eigenvalue weighted by Gasteiger charge is -2.24. The fourth-order valence-corrected chi connectivity index (χ4v) is 3.02. The summed E-state index contributed by atoms with van der Waals surface area (Å²) in [6.45, 7) is 22.3. The molecule has 0 amide bonds. The van der Waals surface area contributed by atoms with Gasteiger partial charge in [0.1, 0.15) is 0 Å². The van der Waals surface area contributed by atoms with Crippen LogP contribution in [0.15, 0.2) is 0 Å². The van der Waals surface area contributed by atoms with Gasteiger partial charge in [-0.1, -0.05) is 120 Å². The van der Waals surface area contributed by atoms with Crippen molar-refractivity contribution in [2.75, 3.05) is 55.4 Å². The maximum Gasteiger partial charge on any atom is 0.0568 e. The molecule has 3 unspecified atom stereocenters. The van der Waals surface area contributed by atoms with Crippen molar-refractivity contribution in [2.45, 2.75) is 164 Å². The zero-order valence-corrected chi connectivity index (χ0v) is 31.7. The van der Waals surface area contributed by atoms with Crippen molar-refractivity contribution in [3.8, 4) is 0 Å². The van der Waals surface area contributed by atoms with Gasteiger partial charge in [-0.3, -0.25) is 0 Å². The Morgan fingerprint density at radius 2 is 0.976 bits per heavy atom. The van der Waals surface area contributed by atoms with E-state index in [0.29, 0.717) is 6.10 Å². The smallest absolute Gasteiger partial charge is 0.0568 e. The Balaban J connectivity index is -0.0000000522. The number of likely N-dealkylation sites (tertiary alicyclic amines) is 1. The zero-order chi connectivity index (χ0) is 34.3. The molecule has 7 nitrogen and oxygen atoms in total. The molecule has 1 saturated heterocycles. The van der Waals surface area contributed by atoms with Crippen LogP contribution in [-0.4, -0.2) is 77.7 Å². The minimum absolute atomic E-state index is 0.0509. The molecule has 0 spiro atoms. The molecule has 1 fully saturated rings. The van der Waals surface area contributed by atoms with Gasteiger partial charge in [-0.25, -0.2) is 0 Å². The van der Waals surface area contributed by atoms with E-state index in [2.05, 4.69) is 90.3 Å². The summed E-state index contributed by atoms with van der Waals surface area (Å²) in [6.07, 6.45) is 18.0. The molecule has 7 heteroatoms. The summed E-state index contributed by atoms with van der Waals surface area (Å²) in [6, 6.07) is 0. The van der Waals surface area contributed by atoms with E-state index in [1.807, 2.05) is 6.92 Å². The largest absolute Gasteiger partial charge is 0.393 e. The standard InChI is InChI=1S/C7H16O.C7H16.C6H14O.C6H14.C4H9N.4CH5N/c1-4-6-7(5-2)8-3;1-4-6-7(3)5-2;1-3-5-6(7)4-2;1-3-5-6-4-2;1-5-3-2-4-5;4*1-2/h7H,4-6H2,1-3H3;7H,4-6H2,1-3H3;6-7H,3-5H2,1-2H3;3-6H2,1-2H3;2-4H2,1H3;4*2H2,1H3. The lowest BCUT2D eigenvalue weighted by Crippen LogP contribution is -2.32. The van der Waals surface area contributed by atoms with Gasteiger partial charge in [-0.2, -0.15) is 0 Å². The average molecular weight is 600 g/mol. The van der Waals surface area contributed by atoms with Gasteiger partial charge in [-0.15, -0.1) is 0 Å². The van der Waals surface area contributed by atoms with Crippen molar-refractivity contribution >= 4 is 0 Å². The first-order chi connectivity index (χ1) is 19.8. The summed E-state index contributed by atoms with van der Waals surface area (Å²) in [4.78, 5) is 2.31. The van der Waals surface area contributed by atoms with Crippen molar-refractivity contribution in [3.63, 3.8) is 0 Å². The van der Waals surface area contributed by atoms with Gasteiger partial charge in [-0.05, 0) is 86.3 Å². The van der Waals surface area contributed by atoms with Gasteiger partial charge in [0.05, 0.1) is 12.2 Å². The quantitative estimate of drug-likeness (QED) is 0.136. The van der Waals surface area contributed by atoms with Crippen LogP contribution in [0.5, 0.6) is 0 Å². The van der Waals surface area contributed by atoms with Gasteiger partial charge < -0.3 is 37.7 Å². The lowest BCUT2D eigenvalue weighted by molar-refractivity contribution is 0.0915. The maximum absolute atomic E-state index is 8.86. The molecule has 0 saturated carbocycles. The summed E-state index contributed by atoms with van der Waals surface area (Å²) < 4.78 is 5.14. The molecule has 262 valence electrons. The van der Waals surface area contributed by atoms with E-state index in [1.165, 1.54) is 105 Å². The van der Waals surface area contributed by atoms with E-state index in [0.717, 1.165) is 31.6 Å². The van der Waals surface area contributed by atoms with Crippen LogP contribution in [0.4, 0.5) is 0 Å². The molecule has 1 rings (SSSR count). The molecule has 0 aromatic rings. The van der Waals surface area contributed by atoms with E-state index in [1.54, 1.807) is 7.11 Å². The fourth-order valence-electron chi connectivity index (χ4n) is 3.02. The topological polar surface area (TPSA) is 137 Å². The van der Waals surface area contributed by atoms with E-state index in [-0.39, 0.29) is 6.10 Å². The number of hydrogen-bond acceptors (Lipinski definition) is 7. The summed E-state index contributed by atoms with van der Waals surface area (Å²) in [5.41, 5.74) is 18.0. The number of aliphatic hydroxyl groups excluding tert-OH is 1. The molecule has 0 aliphatic carbocycles. The Morgan fingerprint density at radius 3 is 1.07 bits per heavy atom. The Morgan fingerprint density at radius 1 is 0.610 bits per heavy atom. The number of methoxy groups -OCH3 is 1. The Hall–Kier alpha value is -0.280. The number of hydrogen-bond donors (Lipinski definition) is 5. The third kappa shape index (κ3) is 85.4. The molecular weight excluding hydrogens is 510 g/mol. The van der Waals surface area contributed by atoms with Crippen LogP contribution in [0.3, 0.4) is 0 Å². The number of aliphatic hydroxyl groups is 1. The number of rotatable bonds is 13. The number of nitrogens with two attached hydrogens (primary N) is 4. The van der Waals surface area contributed by atoms with Crippen molar-refractivity contribution < 1.29 is 9.84 Å². The first-order valence-corrected chi connectivity index (χ1v) is 17.0. The molecule has 0 aromatic carbocycles. The summed E-state index contributed by atoms with van der Waals surface area (Å²) in [7, 11) is 9.92. The highest BCUT2D eigenvalue weighted by Crippen LogP contribution is 2.07. The number of nitrogens with zero attached hydrogens (tertiary/aromatic N) is 1. The second-order valence-electron chi connectivity index (χ2n) is 9.57. The minimum Gasteiger partial charge on any atom is -0.393 e. The summed E-state index contributed by atoms with van der Waals surface area (Å²) in [5.74, 6) is 0.949. The molecule has 0 bridgehead atoms. The molecule has 1 heterocycles. The Kier molecular flexibility index (Phi) is 106. The molecular formula is C34H89N5O2. The normalized spacial score (nSPS) is 12.6. The number of unbranched alkanes of at least 4 members (excludes halogenated alkanes) is 3. The molecule has 0 aromatic heterocycles. The van der Waals surface area contributed by atoms with Crippen LogP contribution in [-0.2, 0) is 4.74 Å². The van der Waals surface area contributed by atoms with E-state index in [4.69, 9.17) is 9.84 Å². The average Bonchev–Trinajstić information content (AvgIpc) is 3.03. The predicted octanol–water partition coefficient (Wildman–Crippen LogP) is 7.81. The second-order valence-corrected chi connectivity index (χ2v) is 9.57. The monoisotopic (exact) mass is 600 g/mol. The lowest BCUT2D eigenvalue weighted by atomic mass is 10.0. The predicted molar refractivity (Wildman–Crippen MR) is 194 cm³/mol. The van der Waals surface area contributed by atoms with Crippen molar-refractivity contribution in [3.05, 3.63) is 0 Å². The SMILES string of the molecule is CCCC(C)CC.CCCC(CC)OC.CCCC(O)CC.CCCCCC.CN.CN.CN.CN.CN1CCC1. The highest BCUT2D eigenvalue weighted by atomic mass is 16.5. The number of ether oxygens (including phenoxy) is 1. The van der Waals surface area contributed by atoms with Gasteiger partial charge in [0, 0.05) is 7.11 Å². The van der Waals surface area contributed by atoms with Crippen molar-refractivity contribution in [2.24, 2.45) is 28.9 Å². The van der Waals surface area contributed by atoms with Crippen LogP contribution < -0.4 is 22.9 Å².